The van der Waals surface area contributed by atoms with Crippen LogP contribution < -0.4 is 5.32 Å². The van der Waals surface area contributed by atoms with Crippen LogP contribution in [0.3, 0.4) is 0 Å². The van der Waals surface area contributed by atoms with Crippen molar-refractivity contribution in [2.45, 2.75) is 38.8 Å². The zero-order chi connectivity index (χ0) is 9.14. The Labute approximate surface area is 71.3 Å². The molecule has 1 N–H and O–H groups in total. The van der Waals surface area contributed by atoms with Gasteiger partial charge in [-0.2, -0.15) is 0 Å². The first-order valence-electron chi connectivity index (χ1n) is 4.10. The Morgan fingerprint density at radius 2 is 2.42 bits per heavy atom. The van der Waals surface area contributed by atoms with Gasteiger partial charge in [0, 0.05) is 6.92 Å². The van der Waals surface area contributed by atoms with E-state index in [2.05, 4.69) is 5.32 Å². The van der Waals surface area contributed by atoms with E-state index in [1.54, 1.807) is 0 Å². The number of rotatable bonds is 2. The minimum atomic E-state index is -0.222. The number of cyclic esters (lactones) is 1. The lowest BCUT2D eigenvalue weighted by Crippen LogP contribution is -2.38. The maximum atomic E-state index is 10.8. The maximum absolute atomic E-state index is 10.8. The number of esters is 1. The predicted octanol–water partition coefficient (Wildman–Crippen LogP) is 0.217. The van der Waals surface area contributed by atoms with Crippen molar-refractivity contribution in [2.24, 2.45) is 0 Å². The van der Waals surface area contributed by atoms with Crippen LogP contribution in [0.5, 0.6) is 0 Å². The largest absolute Gasteiger partial charge is 0.460 e. The molecule has 4 nitrogen and oxygen atoms in total. The van der Waals surface area contributed by atoms with E-state index in [1.807, 2.05) is 6.92 Å². The lowest BCUT2D eigenvalue weighted by molar-refractivity contribution is -0.141. The van der Waals surface area contributed by atoms with Gasteiger partial charge in [-0.1, -0.05) is 6.92 Å². The summed E-state index contributed by atoms with van der Waals surface area (Å²) in [4.78, 5) is 21.5. The minimum absolute atomic E-state index is 0.114. The van der Waals surface area contributed by atoms with Gasteiger partial charge < -0.3 is 10.1 Å². The first kappa shape index (κ1) is 9.03. The number of carbonyl (C=O) groups excluding carboxylic acids is 2. The fourth-order valence-electron chi connectivity index (χ4n) is 1.38. The van der Waals surface area contributed by atoms with Crippen molar-refractivity contribution in [3.8, 4) is 0 Å². The van der Waals surface area contributed by atoms with Crippen molar-refractivity contribution in [3.05, 3.63) is 0 Å². The van der Waals surface area contributed by atoms with Crippen molar-refractivity contribution in [2.75, 3.05) is 0 Å². The van der Waals surface area contributed by atoms with Crippen LogP contribution >= 0.6 is 0 Å². The fraction of sp³-hybridized carbons (Fsp3) is 0.750. The van der Waals surface area contributed by atoms with E-state index in [1.165, 1.54) is 6.92 Å². The number of hydrogen-bond acceptors (Lipinski definition) is 3. The Morgan fingerprint density at radius 1 is 1.75 bits per heavy atom. The number of hydrogen-bond donors (Lipinski definition) is 1. The average molecular weight is 171 g/mol. The van der Waals surface area contributed by atoms with Gasteiger partial charge >= 0.3 is 5.97 Å². The molecule has 0 aliphatic carbocycles. The smallest absolute Gasteiger partial charge is 0.308 e. The first-order valence-corrected chi connectivity index (χ1v) is 4.10. The van der Waals surface area contributed by atoms with Gasteiger partial charge in [0.2, 0.25) is 5.91 Å². The third-order valence-electron chi connectivity index (χ3n) is 1.91. The second kappa shape index (κ2) is 3.56. The van der Waals surface area contributed by atoms with Gasteiger partial charge in [0.25, 0.3) is 0 Å². The predicted molar refractivity (Wildman–Crippen MR) is 42.4 cm³/mol. The van der Waals surface area contributed by atoms with E-state index in [9.17, 15) is 9.59 Å². The number of nitrogens with one attached hydrogen (secondary N) is 1. The molecule has 1 rings (SSSR count). The molecule has 68 valence electrons. The molecule has 1 amide bonds. The quantitative estimate of drug-likeness (QED) is 0.604. The molecule has 2 atom stereocenters. The van der Waals surface area contributed by atoms with Crippen molar-refractivity contribution < 1.29 is 14.3 Å². The summed E-state index contributed by atoms with van der Waals surface area (Å²) >= 11 is 0. The zero-order valence-electron chi connectivity index (χ0n) is 7.29. The van der Waals surface area contributed by atoms with E-state index in [0.717, 1.165) is 6.42 Å². The van der Waals surface area contributed by atoms with Crippen molar-refractivity contribution in [1.29, 1.82) is 0 Å². The van der Waals surface area contributed by atoms with Gasteiger partial charge in [-0.3, -0.25) is 9.59 Å². The van der Waals surface area contributed by atoms with E-state index in [0.29, 0.717) is 6.42 Å². The van der Waals surface area contributed by atoms with Crippen LogP contribution in [0.25, 0.3) is 0 Å². The van der Waals surface area contributed by atoms with Crippen molar-refractivity contribution >= 4 is 11.9 Å². The third kappa shape index (κ3) is 1.96. The molecule has 0 bridgehead atoms. The molecule has 0 aromatic carbocycles. The van der Waals surface area contributed by atoms with Crippen LogP contribution in [0.4, 0.5) is 0 Å². The fourth-order valence-corrected chi connectivity index (χ4v) is 1.38. The van der Waals surface area contributed by atoms with Crippen molar-refractivity contribution in [1.82, 2.24) is 5.32 Å². The first-order chi connectivity index (χ1) is 5.63. The molecule has 0 aromatic heterocycles. The van der Waals surface area contributed by atoms with Gasteiger partial charge in [0.05, 0.1) is 12.5 Å². The van der Waals surface area contributed by atoms with E-state index < -0.39 is 0 Å². The molecular weight excluding hydrogens is 158 g/mol. The monoisotopic (exact) mass is 171 g/mol. The van der Waals surface area contributed by atoms with Crippen LogP contribution in [-0.4, -0.2) is 24.0 Å². The third-order valence-corrected chi connectivity index (χ3v) is 1.91. The summed E-state index contributed by atoms with van der Waals surface area (Å²) in [7, 11) is 0. The normalized spacial score (nSPS) is 28.3. The summed E-state index contributed by atoms with van der Waals surface area (Å²) in [6.07, 6.45) is 0.913. The molecule has 0 spiro atoms. The number of carbonyl (C=O) groups is 2. The number of ether oxygens (including phenoxy) is 1. The van der Waals surface area contributed by atoms with Gasteiger partial charge in [0.15, 0.2) is 0 Å². The van der Waals surface area contributed by atoms with Crippen LogP contribution in [0.1, 0.15) is 26.7 Å². The van der Waals surface area contributed by atoms with E-state index in [4.69, 9.17) is 4.74 Å². The lowest BCUT2D eigenvalue weighted by atomic mass is 10.1. The molecule has 1 aliphatic heterocycles. The molecule has 0 saturated carbocycles. The van der Waals surface area contributed by atoms with Crippen LogP contribution in [0.15, 0.2) is 0 Å². The Hall–Kier alpha value is -1.06. The average Bonchev–Trinajstić information content (AvgIpc) is 2.29. The molecule has 1 fully saturated rings. The summed E-state index contributed by atoms with van der Waals surface area (Å²) in [5.74, 6) is -0.336. The van der Waals surface area contributed by atoms with Crippen LogP contribution in [-0.2, 0) is 14.3 Å². The molecule has 1 heterocycles. The van der Waals surface area contributed by atoms with Gasteiger partial charge in [-0.25, -0.2) is 0 Å². The molecule has 0 aromatic rings. The summed E-state index contributed by atoms with van der Waals surface area (Å²) in [6.45, 7) is 3.37. The Bertz CT molecular complexity index is 202. The van der Waals surface area contributed by atoms with E-state index >= 15 is 0 Å². The summed E-state index contributed by atoms with van der Waals surface area (Å²) in [6, 6.07) is -0.125. The van der Waals surface area contributed by atoms with Gasteiger partial charge in [0.1, 0.15) is 6.10 Å². The number of amides is 1. The van der Waals surface area contributed by atoms with Crippen LogP contribution in [0, 0.1) is 0 Å². The Balaban J connectivity index is 2.51. The zero-order valence-corrected chi connectivity index (χ0v) is 7.29. The SMILES string of the molecule is CC[C@@H]1OC(=O)C[C@@H]1NC(C)=O. The van der Waals surface area contributed by atoms with Crippen molar-refractivity contribution in [3.63, 3.8) is 0 Å². The molecular formula is C8H13NO3. The molecule has 12 heavy (non-hydrogen) atoms. The molecule has 1 saturated heterocycles. The second-order valence-corrected chi connectivity index (χ2v) is 2.95. The molecule has 1 aliphatic rings. The second-order valence-electron chi connectivity index (χ2n) is 2.95. The maximum Gasteiger partial charge on any atom is 0.308 e. The highest BCUT2D eigenvalue weighted by molar-refractivity contribution is 5.77. The lowest BCUT2D eigenvalue weighted by Gasteiger charge is -2.15. The summed E-state index contributed by atoms with van der Waals surface area (Å²) in [5, 5.41) is 2.69. The highest BCUT2D eigenvalue weighted by atomic mass is 16.6. The van der Waals surface area contributed by atoms with Gasteiger partial charge in [-0.15, -0.1) is 0 Å². The highest BCUT2D eigenvalue weighted by Crippen LogP contribution is 2.17. The minimum Gasteiger partial charge on any atom is -0.460 e. The molecule has 0 radical (unpaired) electrons. The standard InChI is InChI=1S/C8H13NO3/c1-3-7-6(9-5(2)10)4-8(11)12-7/h6-7H,3-4H2,1-2H3,(H,9,10)/t6-,7-/m0/s1. The summed E-state index contributed by atoms with van der Waals surface area (Å²) < 4.78 is 4.97. The van der Waals surface area contributed by atoms with Gasteiger partial charge in [-0.05, 0) is 6.42 Å². The summed E-state index contributed by atoms with van der Waals surface area (Å²) in [5.41, 5.74) is 0. The Kier molecular flexibility index (Phi) is 2.68. The van der Waals surface area contributed by atoms with E-state index in [-0.39, 0.29) is 24.0 Å². The van der Waals surface area contributed by atoms with Crippen LogP contribution in [0.2, 0.25) is 0 Å². The topological polar surface area (TPSA) is 55.4 Å². The Morgan fingerprint density at radius 3 is 2.92 bits per heavy atom. The molecule has 4 heteroatoms. The molecule has 0 unspecified atom stereocenters. The highest BCUT2D eigenvalue weighted by Gasteiger charge is 2.33.